The summed E-state index contributed by atoms with van der Waals surface area (Å²) in [5.41, 5.74) is 13.6. The maximum Gasteiger partial charge on any atom is 0.294 e. The van der Waals surface area contributed by atoms with Crippen molar-refractivity contribution in [3.63, 3.8) is 0 Å². The number of nitrogens with two attached hydrogens (primary N) is 2. The van der Waals surface area contributed by atoms with Crippen LogP contribution in [0.3, 0.4) is 0 Å². The molecule has 230 valence electrons. The number of hydrogen-bond donors (Lipinski definition) is 6. The summed E-state index contributed by atoms with van der Waals surface area (Å²) < 4.78 is 12.2. The highest BCUT2D eigenvalue weighted by atomic mass is 16.5. The third-order valence-electron chi connectivity index (χ3n) is 6.67. The number of carbonyl (C=O) groups is 2. The second-order valence-electron chi connectivity index (χ2n) is 10.4. The van der Waals surface area contributed by atoms with Crippen molar-refractivity contribution in [3.8, 4) is 22.8 Å². The minimum absolute atomic E-state index is 0.00779. The molecule has 0 bridgehead atoms. The summed E-state index contributed by atoms with van der Waals surface area (Å²) in [6.45, 7) is 7.24. The fourth-order valence-corrected chi connectivity index (χ4v) is 4.29. The molecule has 0 saturated carbocycles. The number of hydrogen-bond acceptors (Lipinski definition) is 9. The first-order valence-electron chi connectivity index (χ1n) is 13.8. The molecule has 1 atom stereocenters. The van der Waals surface area contributed by atoms with Crippen molar-refractivity contribution < 1.29 is 19.1 Å². The number of methoxy groups -OCH3 is 2. The molecule has 13 heteroatoms. The summed E-state index contributed by atoms with van der Waals surface area (Å²) in [6.07, 6.45) is 2.22. The number of benzene rings is 2. The minimum atomic E-state index is -0.518. The van der Waals surface area contributed by atoms with Gasteiger partial charge in [0.25, 0.3) is 11.5 Å². The van der Waals surface area contributed by atoms with E-state index in [2.05, 4.69) is 20.9 Å². The van der Waals surface area contributed by atoms with Crippen LogP contribution in [0.4, 0.5) is 11.5 Å². The van der Waals surface area contributed by atoms with Crippen LogP contribution in [0.5, 0.6) is 11.5 Å². The average molecular weight is 593 g/mol. The molecular formula is C30H40N8O5. The van der Waals surface area contributed by atoms with E-state index in [1.807, 2.05) is 27.7 Å². The van der Waals surface area contributed by atoms with E-state index in [1.54, 1.807) is 30.3 Å². The monoisotopic (exact) mass is 592 g/mol. The van der Waals surface area contributed by atoms with Gasteiger partial charge >= 0.3 is 0 Å². The third kappa shape index (κ3) is 8.03. The van der Waals surface area contributed by atoms with Crippen molar-refractivity contribution in [3.05, 3.63) is 63.6 Å². The van der Waals surface area contributed by atoms with E-state index in [-0.39, 0.29) is 42.7 Å². The van der Waals surface area contributed by atoms with Crippen LogP contribution in [0.25, 0.3) is 11.3 Å². The van der Waals surface area contributed by atoms with Crippen LogP contribution in [0.15, 0.2) is 41.3 Å². The van der Waals surface area contributed by atoms with E-state index in [0.717, 1.165) is 6.42 Å². The Morgan fingerprint density at radius 3 is 2.26 bits per heavy atom. The van der Waals surface area contributed by atoms with Gasteiger partial charge in [0.2, 0.25) is 5.91 Å². The molecule has 0 fully saturated rings. The van der Waals surface area contributed by atoms with E-state index in [9.17, 15) is 14.4 Å². The highest BCUT2D eigenvalue weighted by Crippen LogP contribution is 2.30. The fourth-order valence-electron chi connectivity index (χ4n) is 4.29. The largest absolute Gasteiger partial charge is 0.496 e. The zero-order valence-corrected chi connectivity index (χ0v) is 25.3. The van der Waals surface area contributed by atoms with Gasteiger partial charge in [-0.3, -0.25) is 24.4 Å². The summed E-state index contributed by atoms with van der Waals surface area (Å²) >= 11 is 0. The van der Waals surface area contributed by atoms with Crippen LogP contribution in [-0.4, -0.2) is 53.5 Å². The highest BCUT2D eigenvalue weighted by Gasteiger charge is 2.20. The number of nitrogen functional groups attached to an aromatic ring is 2. The van der Waals surface area contributed by atoms with Crippen LogP contribution < -0.4 is 42.5 Å². The summed E-state index contributed by atoms with van der Waals surface area (Å²) in [7, 11) is 2.91. The Morgan fingerprint density at radius 1 is 1.05 bits per heavy atom. The van der Waals surface area contributed by atoms with Crippen LogP contribution in [-0.2, 0) is 17.9 Å². The molecule has 0 unspecified atom stereocenters. The van der Waals surface area contributed by atoms with Gasteiger partial charge in [-0.15, -0.1) is 0 Å². The van der Waals surface area contributed by atoms with Crippen molar-refractivity contribution in [2.45, 2.75) is 59.3 Å². The van der Waals surface area contributed by atoms with Crippen molar-refractivity contribution in [2.75, 3.05) is 25.3 Å². The molecule has 43 heavy (non-hydrogen) atoms. The maximum absolute atomic E-state index is 13.6. The molecule has 2 aromatic carbocycles. The molecule has 0 saturated heterocycles. The maximum atomic E-state index is 13.6. The van der Waals surface area contributed by atoms with E-state index in [0.29, 0.717) is 45.1 Å². The van der Waals surface area contributed by atoms with E-state index < -0.39 is 11.5 Å². The number of nitrogens with zero attached hydrogens (tertiary/aromatic N) is 2. The lowest BCUT2D eigenvalue weighted by molar-refractivity contribution is -0.121. The van der Waals surface area contributed by atoms with Gasteiger partial charge in [0.1, 0.15) is 23.9 Å². The Balaban J connectivity index is 2.00. The standard InChI is InChI=1S/C30H40N8O5/c1-7-17(4)37-29(40)20-8-18(9-21(31)10-20)23-14-35-28(36-16(2)3)30(41)38(23)15-26(39)34-13-22-24(42-5)11-19(27(32)33)12-25(22)43-6/h8-12,14,16-17H,7,13,15,31H2,1-6H3,(H3,32,33)(H,34,39)(H,35,36)(H,37,40)/t17-/m0/s1. The van der Waals surface area contributed by atoms with Gasteiger partial charge < -0.3 is 36.9 Å². The first-order chi connectivity index (χ1) is 20.4. The number of rotatable bonds is 13. The lowest BCUT2D eigenvalue weighted by Crippen LogP contribution is -2.35. The number of amides is 2. The van der Waals surface area contributed by atoms with Crippen LogP contribution in [0.2, 0.25) is 0 Å². The van der Waals surface area contributed by atoms with Gasteiger partial charge in [-0.1, -0.05) is 6.92 Å². The first kappa shape index (κ1) is 32.4. The molecule has 1 aromatic heterocycles. The lowest BCUT2D eigenvalue weighted by Gasteiger charge is -2.18. The zero-order chi connectivity index (χ0) is 31.8. The number of ether oxygens (including phenoxy) is 2. The quantitative estimate of drug-likeness (QED) is 0.0980. The Morgan fingerprint density at radius 2 is 1.70 bits per heavy atom. The summed E-state index contributed by atoms with van der Waals surface area (Å²) in [5, 5.41) is 16.5. The van der Waals surface area contributed by atoms with Crippen molar-refractivity contribution in [1.82, 2.24) is 20.2 Å². The van der Waals surface area contributed by atoms with Gasteiger partial charge in [-0.25, -0.2) is 4.98 Å². The molecule has 2 amide bonds. The average Bonchev–Trinajstić information content (AvgIpc) is 2.96. The SMILES string of the molecule is CC[C@H](C)NC(=O)c1cc(N)cc(-c2cnc(NC(C)C)c(=O)n2CC(=O)NCc2c(OC)cc(C(=N)N)cc2OC)c1. The number of amidine groups is 1. The normalized spacial score (nSPS) is 11.5. The molecule has 0 aliphatic carbocycles. The van der Waals surface area contributed by atoms with E-state index >= 15 is 0 Å². The molecule has 0 spiro atoms. The van der Waals surface area contributed by atoms with Gasteiger partial charge in [-0.2, -0.15) is 0 Å². The van der Waals surface area contributed by atoms with E-state index in [4.69, 9.17) is 26.4 Å². The van der Waals surface area contributed by atoms with Crippen molar-refractivity contribution in [1.29, 1.82) is 5.41 Å². The molecule has 3 rings (SSSR count). The third-order valence-corrected chi connectivity index (χ3v) is 6.67. The number of aromatic nitrogens is 2. The Kier molecular flexibility index (Phi) is 10.7. The number of carbonyl (C=O) groups excluding carboxylic acids is 2. The molecule has 8 N–H and O–H groups in total. The van der Waals surface area contributed by atoms with Crippen LogP contribution in [0.1, 0.15) is 55.6 Å². The predicted molar refractivity (Wildman–Crippen MR) is 167 cm³/mol. The van der Waals surface area contributed by atoms with Crippen LogP contribution >= 0.6 is 0 Å². The van der Waals surface area contributed by atoms with Gasteiger partial charge in [0.05, 0.1) is 38.2 Å². The molecule has 13 nitrogen and oxygen atoms in total. The summed E-state index contributed by atoms with van der Waals surface area (Å²) in [4.78, 5) is 44.0. The minimum Gasteiger partial charge on any atom is -0.496 e. The second kappa shape index (κ2) is 14.2. The molecule has 0 aliphatic rings. The lowest BCUT2D eigenvalue weighted by atomic mass is 10.1. The predicted octanol–water partition coefficient (Wildman–Crippen LogP) is 2.46. The topological polar surface area (TPSA) is 199 Å². The molecule has 3 aromatic rings. The van der Waals surface area contributed by atoms with Crippen molar-refractivity contribution >= 4 is 29.2 Å². The van der Waals surface area contributed by atoms with Gasteiger partial charge in [-0.05, 0) is 57.5 Å². The van der Waals surface area contributed by atoms with Gasteiger partial charge in [0.15, 0.2) is 5.82 Å². The second-order valence-corrected chi connectivity index (χ2v) is 10.4. The number of anilines is 2. The molecule has 0 aliphatic heterocycles. The molecular weight excluding hydrogens is 552 g/mol. The van der Waals surface area contributed by atoms with Crippen LogP contribution in [0, 0.1) is 5.41 Å². The Hall–Kier alpha value is -5.07. The highest BCUT2D eigenvalue weighted by molar-refractivity contribution is 5.97. The first-order valence-corrected chi connectivity index (χ1v) is 13.8. The van der Waals surface area contributed by atoms with E-state index in [1.165, 1.54) is 25.0 Å². The Labute approximate surface area is 250 Å². The fraction of sp³-hybridized carbons (Fsp3) is 0.367. The zero-order valence-electron chi connectivity index (χ0n) is 25.3. The smallest absolute Gasteiger partial charge is 0.294 e. The number of nitrogens with one attached hydrogen (secondary N) is 4. The van der Waals surface area contributed by atoms with Crippen molar-refractivity contribution in [2.24, 2.45) is 5.73 Å². The Bertz CT molecular complexity index is 1540. The molecule has 0 radical (unpaired) electrons. The van der Waals surface area contributed by atoms with Gasteiger partial charge in [0, 0.05) is 34.5 Å². The molecule has 1 heterocycles. The summed E-state index contributed by atoms with van der Waals surface area (Å²) in [5.74, 6) is -0.128. The summed E-state index contributed by atoms with van der Waals surface area (Å²) in [6, 6.07) is 7.81.